The van der Waals surface area contributed by atoms with E-state index >= 15 is 0 Å². The number of unbranched alkanes of at least 4 members (excludes halogenated alkanes) is 2. The third-order valence-corrected chi connectivity index (χ3v) is 6.15. The van der Waals surface area contributed by atoms with Gasteiger partial charge in [0.15, 0.2) is 11.5 Å². The number of benzene rings is 1. The monoisotopic (exact) mass is 476 g/mol. The number of hydrogen-bond donors (Lipinski definition) is 0. The first kappa shape index (κ1) is 29.5. The molecule has 2 atom stereocenters. The van der Waals surface area contributed by atoms with Crippen molar-refractivity contribution in [3.8, 4) is 11.5 Å². The van der Waals surface area contributed by atoms with Crippen LogP contribution in [0.4, 0.5) is 0 Å². The molecule has 1 rings (SSSR count). The maximum atomic E-state index is 13.0. The summed E-state index contributed by atoms with van der Waals surface area (Å²) in [4.78, 5) is 26.0. The minimum atomic E-state index is -0.656. The molecule has 0 bridgehead atoms. The van der Waals surface area contributed by atoms with Gasteiger partial charge in [0.05, 0.1) is 27.4 Å². The van der Waals surface area contributed by atoms with E-state index in [-0.39, 0.29) is 17.4 Å². The molecule has 0 radical (unpaired) electrons. The zero-order valence-electron chi connectivity index (χ0n) is 22.0. The Morgan fingerprint density at radius 3 is 1.71 bits per heavy atom. The molecule has 0 aliphatic rings. The molecular formula is C28H44O6. The van der Waals surface area contributed by atoms with E-state index < -0.39 is 11.9 Å². The van der Waals surface area contributed by atoms with Gasteiger partial charge in [-0.1, -0.05) is 72.3 Å². The normalized spacial score (nSPS) is 12.4. The molecule has 0 saturated heterocycles. The number of carbonyl (C=O) groups is 2. The van der Waals surface area contributed by atoms with Gasteiger partial charge in [0.1, 0.15) is 5.57 Å². The molecule has 0 saturated carbocycles. The lowest BCUT2D eigenvalue weighted by Crippen LogP contribution is -2.23. The zero-order valence-corrected chi connectivity index (χ0v) is 22.0. The van der Waals surface area contributed by atoms with E-state index in [9.17, 15) is 9.59 Å². The van der Waals surface area contributed by atoms with Crippen molar-refractivity contribution < 1.29 is 28.5 Å². The van der Waals surface area contributed by atoms with Gasteiger partial charge in [-0.2, -0.15) is 0 Å². The smallest absolute Gasteiger partial charge is 0.345 e. The lowest BCUT2D eigenvalue weighted by atomic mass is 10.0. The fourth-order valence-electron chi connectivity index (χ4n) is 3.65. The van der Waals surface area contributed by atoms with E-state index in [4.69, 9.17) is 18.9 Å². The van der Waals surface area contributed by atoms with Crippen LogP contribution in [0, 0.1) is 11.8 Å². The lowest BCUT2D eigenvalue weighted by molar-refractivity contribution is -0.148. The van der Waals surface area contributed by atoms with Gasteiger partial charge in [-0.3, -0.25) is 0 Å². The number of hydrogen-bond acceptors (Lipinski definition) is 6. The third-order valence-electron chi connectivity index (χ3n) is 6.15. The predicted octanol–water partition coefficient (Wildman–Crippen LogP) is 6.61. The summed E-state index contributed by atoms with van der Waals surface area (Å²) in [7, 11) is 3.09. The van der Waals surface area contributed by atoms with Gasteiger partial charge in [0, 0.05) is 0 Å². The summed E-state index contributed by atoms with van der Waals surface area (Å²) in [5.74, 6) is 0.317. The van der Waals surface area contributed by atoms with E-state index in [2.05, 4.69) is 27.7 Å². The average Bonchev–Trinajstić information content (AvgIpc) is 2.86. The third kappa shape index (κ3) is 10.2. The van der Waals surface area contributed by atoms with Crippen molar-refractivity contribution in [1.82, 2.24) is 0 Å². The van der Waals surface area contributed by atoms with Crippen LogP contribution in [0.2, 0.25) is 0 Å². The van der Waals surface area contributed by atoms with Crippen LogP contribution in [-0.4, -0.2) is 39.4 Å². The van der Waals surface area contributed by atoms with E-state index in [1.165, 1.54) is 13.2 Å². The van der Waals surface area contributed by atoms with Crippen molar-refractivity contribution in [3.05, 3.63) is 29.3 Å². The molecule has 6 heteroatoms. The molecule has 34 heavy (non-hydrogen) atoms. The van der Waals surface area contributed by atoms with Crippen LogP contribution in [-0.2, 0) is 19.1 Å². The summed E-state index contributed by atoms with van der Waals surface area (Å²) in [6, 6.07) is 5.20. The molecule has 0 aromatic heterocycles. The van der Waals surface area contributed by atoms with E-state index in [1.807, 2.05) is 0 Å². The molecule has 1 aromatic rings. The van der Waals surface area contributed by atoms with Crippen LogP contribution in [0.3, 0.4) is 0 Å². The molecule has 0 heterocycles. The van der Waals surface area contributed by atoms with Crippen LogP contribution >= 0.6 is 0 Å². The largest absolute Gasteiger partial charge is 0.493 e. The highest BCUT2D eigenvalue weighted by Crippen LogP contribution is 2.29. The predicted molar refractivity (Wildman–Crippen MR) is 136 cm³/mol. The molecule has 0 amide bonds. The molecule has 0 aliphatic heterocycles. The van der Waals surface area contributed by atoms with Gasteiger partial charge < -0.3 is 18.9 Å². The Kier molecular flexibility index (Phi) is 14.8. The first-order chi connectivity index (χ1) is 16.4. The van der Waals surface area contributed by atoms with Crippen molar-refractivity contribution in [2.24, 2.45) is 11.8 Å². The molecule has 1 aromatic carbocycles. The van der Waals surface area contributed by atoms with Crippen LogP contribution in [0.5, 0.6) is 11.5 Å². The maximum Gasteiger partial charge on any atom is 0.345 e. The number of esters is 2. The Hall–Kier alpha value is -2.50. The number of ether oxygens (including phenoxy) is 4. The van der Waals surface area contributed by atoms with E-state index in [0.717, 1.165) is 51.4 Å². The summed E-state index contributed by atoms with van der Waals surface area (Å²) < 4.78 is 21.8. The van der Waals surface area contributed by atoms with Gasteiger partial charge in [0.2, 0.25) is 0 Å². The zero-order chi connectivity index (χ0) is 25.3. The molecule has 6 nitrogen and oxygen atoms in total. The highest BCUT2D eigenvalue weighted by atomic mass is 16.6. The summed E-state index contributed by atoms with van der Waals surface area (Å²) in [6.07, 6.45) is 9.70. The van der Waals surface area contributed by atoms with Gasteiger partial charge in [-0.25, -0.2) is 9.59 Å². The summed E-state index contributed by atoms with van der Waals surface area (Å²) in [5.41, 5.74) is 0.514. The number of methoxy groups -OCH3 is 2. The Morgan fingerprint density at radius 2 is 1.29 bits per heavy atom. The van der Waals surface area contributed by atoms with Gasteiger partial charge in [0.25, 0.3) is 0 Å². The quantitative estimate of drug-likeness (QED) is 0.109. The van der Waals surface area contributed by atoms with Crippen molar-refractivity contribution in [3.63, 3.8) is 0 Å². The first-order valence-corrected chi connectivity index (χ1v) is 12.7. The van der Waals surface area contributed by atoms with Crippen molar-refractivity contribution in [1.29, 1.82) is 0 Å². The molecule has 2 unspecified atom stereocenters. The molecule has 0 N–H and O–H groups in total. The standard InChI is InChI=1S/C28H44O6/c1-7-11-13-21(9-3)19-33-27(29)24(28(30)34-20-22(10-4)14-12-8-2)17-23-15-16-25(31-5)26(18-23)32-6/h15-18,21-22H,7-14,19-20H2,1-6H3. The summed E-state index contributed by atoms with van der Waals surface area (Å²) >= 11 is 0. The Morgan fingerprint density at radius 1 is 0.794 bits per heavy atom. The Bertz CT molecular complexity index is 736. The number of carbonyl (C=O) groups excluding carboxylic acids is 2. The second-order valence-corrected chi connectivity index (χ2v) is 8.70. The first-order valence-electron chi connectivity index (χ1n) is 12.7. The Labute approximate surface area is 206 Å². The lowest BCUT2D eigenvalue weighted by Gasteiger charge is -2.17. The van der Waals surface area contributed by atoms with Gasteiger partial charge in [-0.15, -0.1) is 0 Å². The summed E-state index contributed by atoms with van der Waals surface area (Å²) in [6.45, 7) is 9.04. The molecule has 0 spiro atoms. The topological polar surface area (TPSA) is 71.1 Å². The fraction of sp³-hybridized carbons (Fsp3) is 0.643. The van der Waals surface area contributed by atoms with Crippen molar-refractivity contribution in [2.45, 2.75) is 79.1 Å². The molecule has 0 aliphatic carbocycles. The van der Waals surface area contributed by atoms with Crippen molar-refractivity contribution >= 4 is 18.0 Å². The van der Waals surface area contributed by atoms with Gasteiger partial charge >= 0.3 is 11.9 Å². The Balaban J connectivity index is 3.09. The van der Waals surface area contributed by atoms with Gasteiger partial charge in [-0.05, 0) is 48.4 Å². The summed E-state index contributed by atoms with van der Waals surface area (Å²) in [5, 5.41) is 0. The minimum Gasteiger partial charge on any atom is -0.493 e. The highest BCUT2D eigenvalue weighted by Gasteiger charge is 2.24. The molecule has 0 fully saturated rings. The second-order valence-electron chi connectivity index (χ2n) is 8.70. The van der Waals surface area contributed by atoms with Crippen LogP contribution in [0.1, 0.15) is 84.6 Å². The van der Waals surface area contributed by atoms with E-state index in [1.54, 1.807) is 25.3 Å². The fourth-order valence-corrected chi connectivity index (χ4v) is 3.65. The maximum absolute atomic E-state index is 13.0. The van der Waals surface area contributed by atoms with Crippen LogP contribution in [0.15, 0.2) is 23.8 Å². The van der Waals surface area contributed by atoms with Crippen LogP contribution < -0.4 is 9.47 Å². The van der Waals surface area contributed by atoms with Crippen molar-refractivity contribution in [2.75, 3.05) is 27.4 Å². The molecule has 192 valence electrons. The SMILES string of the molecule is CCCCC(CC)COC(=O)C(=Cc1ccc(OC)c(OC)c1)C(=O)OCC(CC)CCCC. The highest BCUT2D eigenvalue weighted by molar-refractivity contribution is 6.17. The number of rotatable bonds is 17. The van der Waals surface area contributed by atoms with Crippen LogP contribution in [0.25, 0.3) is 6.08 Å². The second kappa shape index (κ2) is 17.0. The average molecular weight is 477 g/mol. The molecular weight excluding hydrogens is 432 g/mol. The van der Waals surface area contributed by atoms with E-state index in [0.29, 0.717) is 30.3 Å². The minimum absolute atomic E-state index is 0.108.